The predicted octanol–water partition coefficient (Wildman–Crippen LogP) is 23.7. The molecule has 99 heavy (non-hydrogen) atoms. The number of rotatable bonds is 78. The van der Waals surface area contributed by atoms with E-state index in [4.69, 9.17) is 37.0 Å². The summed E-state index contributed by atoms with van der Waals surface area (Å²) < 4.78 is 68.4. The van der Waals surface area contributed by atoms with Crippen molar-refractivity contribution in [3.8, 4) is 0 Å². The maximum absolute atomic E-state index is 13.1. The zero-order valence-corrected chi connectivity index (χ0v) is 66.8. The number of carbonyl (C=O) groups is 4. The number of hydrogen-bond acceptors (Lipinski definition) is 15. The Morgan fingerprint density at radius 1 is 0.293 bits per heavy atom. The van der Waals surface area contributed by atoms with E-state index >= 15 is 0 Å². The summed E-state index contributed by atoms with van der Waals surface area (Å²) in [4.78, 5) is 72.7. The lowest BCUT2D eigenvalue weighted by Crippen LogP contribution is -2.30. The van der Waals surface area contributed by atoms with Crippen LogP contribution in [0.4, 0.5) is 0 Å². The van der Waals surface area contributed by atoms with Crippen molar-refractivity contribution in [2.45, 2.75) is 433 Å². The molecule has 3 N–H and O–H groups in total. The van der Waals surface area contributed by atoms with Crippen molar-refractivity contribution in [3.05, 3.63) is 0 Å². The first-order valence-corrected chi connectivity index (χ1v) is 44.4. The van der Waals surface area contributed by atoms with Crippen LogP contribution < -0.4 is 0 Å². The van der Waals surface area contributed by atoms with Gasteiger partial charge in [-0.15, -0.1) is 0 Å². The molecule has 6 atom stereocenters. The van der Waals surface area contributed by atoms with Crippen LogP contribution in [0.3, 0.4) is 0 Å². The molecule has 0 fully saturated rings. The molecule has 0 spiro atoms. The monoisotopic (exact) mass is 1450 g/mol. The van der Waals surface area contributed by atoms with Gasteiger partial charge in [0.25, 0.3) is 0 Å². The summed E-state index contributed by atoms with van der Waals surface area (Å²) in [5.41, 5.74) is 0. The van der Waals surface area contributed by atoms with Gasteiger partial charge in [0.2, 0.25) is 0 Å². The smallest absolute Gasteiger partial charge is 0.462 e. The fourth-order valence-electron chi connectivity index (χ4n) is 12.3. The van der Waals surface area contributed by atoms with Crippen molar-refractivity contribution >= 4 is 39.5 Å². The van der Waals surface area contributed by atoms with E-state index in [1.807, 2.05) is 0 Å². The second-order valence-corrected chi connectivity index (χ2v) is 32.9. The van der Waals surface area contributed by atoms with Crippen molar-refractivity contribution in [3.63, 3.8) is 0 Å². The van der Waals surface area contributed by atoms with Crippen LogP contribution in [0.1, 0.15) is 414 Å². The molecule has 588 valence electrons. The molecule has 3 unspecified atom stereocenters. The zero-order valence-electron chi connectivity index (χ0n) is 65.0. The van der Waals surface area contributed by atoms with Crippen LogP contribution in [0, 0.1) is 17.8 Å². The number of ether oxygens (including phenoxy) is 4. The minimum Gasteiger partial charge on any atom is -0.462 e. The summed E-state index contributed by atoms with van der Waals surface area (Å²) in [7, 11) is -9.91. The van der Waals surface area contributed by atoms with Crippen molar-refractivity contribution in [2.24, 2.45) is 17.8 Å². The predicted molar refractivity (Wildman–Crippen MR) is 405 cm³/mol. The maximum Gasteiger partial charge on any atom is 0.472 e. The van der Waals surface area contributed by atoms with Gasteiger partial charge >= 0.3 is 39.5 Å². The molecule has 0 amide bonds. The number of unbranched alkanes of at least 4 members (excludes halogenated alkanes) is 45. The molecule has 0 aliphatic carbocycles. The highest BCUT2D eigenvalue weighted by Crippen LogP contribution is 2.45. The fourth-order valence-corrected chi connectivity index (χ4v) is 13.9. The van der Waals surface area contributed by atoms with Gasteiger partial charge in [-0.3, -0.25) is 37.3 Å². The summed E-state index contributed by atoms with van der Waals surface area (Å²) in [6.45, 7) is 11.9. The molecule has 0 aromatic rings. The minimum absolute atomic E-state index is 0.105. The Hall–Kier alpha value is -1.94. The Balaban J connectivity index is 5.12. The van der Waals surface area contributed by atoms with E-state index in [9.17, 15) is 43.2 Å². The highest BCUT2D eigenvalue weighted by atomic mass is 31.2. The van der Waals surface area contributed by atoms with Crippen molar-refractivity contribution in [2.75, 3.05) is 39.6 Å². The molecule has 0 aromatic heterocycles. The third-order valence-electron chi connectivity index (χ3n) is 19.0. The Bertz CT molecular complexity index is 1920. The van der Waals surface area contributed by atoms with Crippen molar-refractivity contribution < 1.29 is 80.2 Å². The van der Waals surface area contributed by atoms with Gasteiger partial charge in [0.05, 0.1) is 26.4 Å². The van der Waals surface area contributed by atoms with Gasteiger partial charge in [-0.2, -0.15) is 0 Å². The largest absolute Gasteiger partial charge is 0.472 e. The Labute approximate surface area is 607 Å². The van der Waals surface area contributed by atoms with E-state index in [-0.39, 0.29) is 25.7 Å². The molecule has 0 saturated carbocycles. The lowest BCUT2D eigenvalue weighted by atomic mass is 9.99. The second-order valence-electron chi connectivity index (χ2n) is 30.0. The van der Waals surface area contributed by atoms with Gasteiger partial charge in [0.1, 0.15) is 19.3 Å². The summed E-state index contributed by atoms with van der Waals surface area (Å²) in [6.07, 6.45) is 58.7. The summed E-state index contributed by atoms with van der Waals surface area (Å²) in [6, 6.07) is 0. The summed E-state index contributed by atoms with van der Waals surface area (Å²) in [5, 5.41) is 10.6. The minimum atomic E-state index is -4.96. The number of phosphoric acid groups is 2. The van der Waals surface area contributed by atoms with Gasteiger partial charge in [-0.05, 0) is 43.4 Å². The van der Waals surface area contributed by atoms with Gasteiger partial charge in [0, 0.05) is 25.7 Å². The van der Waals surface area contributed by atoms with Gasteiger partial charge in [-0.1, -0.05) is 363 Å². The van der Waals surface area contributed by atoms with E-state index in [2.05, 4.69) is 48.5 Å². The van der Waals surface area contributed by atoms with Gasteiger partial charge in [-0.25, -0.2) is 9.13 Å². The molecule has 0 heterocycles. The van der Waals surface area contributed by atoms with Crippen LogP contribution in [0.25, 0.3) is 0 Å². The average molecular weight is 1450 g/mol. The molecule has 0 aromatic carbocycles. The Morgan fingerprint density at radius 2 is 0.515 bits per heavy atom. The molecule has 17 nitrogen and oxygen atoms in total. The number of aliphatic hydroxyl groups excluding tert-OH is 1. The lowest BCUT2D eigenvalue weighted by molar-refractivity contribution is -0.161. The first-order valence-electron chi connectivity index (χ1n) is 41.4. The number of aliphatic hydroxyl groups is 1. The summed E-state index contributed by atoms with van der Waals surface area (Å²) >= 11 is 0. The molecule has 0 aliphatic heterocycles. The van der Waals surface area contributed by atoms with Crippen LogP contribution >= 0.6 is 15.6 Å². The number of phosphoric ester groups is 2. The number of hydrogen-bond donors (Lipinski definition) is 3. The van der Waals surface area contributed by atoms with Crippen LogP contribution in [-0.4, -0.2) is 96.7 Å². The highest BCUT2D eigenvalue weighted by Gasteiger charge is 2.30. The van der Waals surface area contributed by atoms with Crippen molar-refractivity contribution in [1.29, 1.82) is 0 Å². The van der Waals surface area contributed by atoms with Crippen LogP contribution in [0.5, 0.6) is 0 Å². The van der Waals surface area contributed by atoms with E-state index < -0.39 is 97.5 Å². The summed E-state index contributed by atoms with van der Waals surface area (Å²) in [5.74, 6) is 0.319. The van der Waals surface area contributed by atoms with Crippen molar-refractivity contribution in [1.82, 2.24) is 0 Å². The molecule has 0 radical (unpaired) electrons. The molecular weight excluding hydrogens is 1290 g/mol. The van der Waals surface area contributed by atoms with Crippen LogP contribution in [0.2, 0.25) is 0 Å². The first-order chi connectivity index (χ1) is 47.8. The fraction of sp³-hybridized carbons (Fsp3) is 0.950. The lowest BCUT2D eigenvalue weighted by Gasteiger charge is -2.21. The van der Waals surface area contributed by atoms with Crippen LogP contribution in [-0.2, 0) is 65.4 Å². The van der Waals surface area contributed by atoms with E-state index in [0.29, 0.717) is 25.7 Å². The highest BCUT2D eigenvalue weighted by molar-refractivity contribution is 7.47. The Morgan fingerprint density at radius 3 is 0.768 bits per heavy atom. The second kappa shape index (κ2) is 70.4. The van der Waals surface area contributed by atoms with Crippen LogP contribution in [0.15, 0.2) is 0 Å². The zero-order chi connectivity index (χ0) is 73.0. The molecule has 0 bridgehead atoms. The van der Waals surface area contributed by atoms with E-state index in [1.54, 1.807) is 0 Å². The van der Waals surface area contributed by atoms with Gasteiger partial charge in [0.15, 0.2) is 12.2 Å². The quantitative estimate of drug-likeness (QED) is 0.0222. The first kappa shape index (κ1) is 97.1. The molecule has 19 heteroatoms. The average Bonchev–Trinajstić information content (AvgIpc) is 1.20. The Kier molecular flexibility index (Phi) is 69.0. The van der Waals surface area contributed by atoms with Gasteiger partial charge < -0.3 is 33.8 Å². The third-order valence-corrected chi connectivity index (χ3v) is 20.9. The molecule has 0 rings (SSSR count). The van der Waals surface area contributed by atoms with E-state index in [1.165, 1.54) is 218 Å². The molecule has 0 aliphatic rings. The maximum atomic E-state index is 13.1. The molecular formula is C80H156O17P2. The normalized spacial score (nSPS) is 14.3. The number of carbonyl (C=O) groups excluding carboxylic acids is 4. The SMILES string of the molecule is CCCCCCCC(=O)OC[C@H](COP(=O)(O)OC[C@H](O)COP(=O)(O)OC[C@@H](COC(=O)CCCCCCCCCCCCCCCCCC(C)C)OC(=O)CCCCCCCCCCCCCCCCCCCCC(C)CC)OC(=O)CCCCCCCCCCCCCC(C)C. The van der Waals surface area contributed by atoms with E-state index in [0.717, 1.165) is 114 Å². The third kappa shape index (κ3) is 72.8. The topological polar surface area (TPSA) is 237 Å². The number of esters is 4. The standard InChI is InChI=1S/C80H156O17P2/c1-8-10-11-44-54-61-77(82)90-67-75(96-79(84)64-57-50-43-37-31-25-27-33-39-46-52-59-72(5)6)69-94-98(86,87)92-65-74(81)66-93-99(88,89)95-70-76(68-91-78(83)62-55-48-41-35-29-23-20-16-17-21-26-32-38-45-51-58-71(3)4)97-80(85)63-56-49-42-36-30-24-19-15-13-12-14-18-22-28-34-40-47-53-60-73(7)9-2/h71-76,81H,8-70H2,1-7H3,(H,86,87)(H,88,89)/t73?,74-,75+,76+/m0/s1. The molecule has 0 saturated heterocycles.